The maximum absolute atomic E-state index is 12.9. The highest BCUT2D eigenvalue weighted by molar-refractivity contribution is 7.80. The minimum atomic E-state index is -0.247. The van der Waals surface area contributed by atoms with Crippen molar-refractivity contribution in [2.24, 2.45) is 0 Å². The second kappa shape index (κ2) is 8.20. The van der Waals surface area contributed by atoms with Crippen molar-refractivity contribution in [3.8, 4) is 0 Å². The number of nitrogens with zero attached hydrogens (tertiary/aromatic N) is 3. The van der Waals surface area contributed by atoms with Gasteiger partial charge in [-0.3, -0.25) is 0 Å². The summed E-state index contributed by atoms with van der Waals surface area (Å²) in [7, 11) is 0. The molecule has 7 heteroatoms. The van der Waals surface area contributed by atoms with E-state index >= 15 is 0 Å². The van der Waals surface area contributed by atoms with Crippen LogP contribution in [-0.4, -0.2) is 28.2 Å². The standard InChI is InChI=1S/C18H22FN5S/c1-13-11-16(24-9-3-2-4-10-24)22-17(21-13)23-18(25)20-12-14-5-7-15(19)8-6-14/h5-8,11H,2-4,9-10,12H2,1H3,(H2,20,21,22,23,25). The van der Waals surface area contributed by atoms with Crippen molar-refractivity contribution in [3.05, 3.63) is 47.4 Å². The van der Waals surface area contributed by atoms with E-state index in [0.29, 0.717) is 17.6 Å². The van der Waals surface area contributed by atoms with Gasteiger partial charge in [-0.2, -0.15) is 4.98 Å². The molecule has 5 nitrogen and oxygen atoms in total. The quantitative estimate of drug-likeness (QED) is 0.816. The van der Waals surface area contributed by atoms with Gasteiger partial charge in [0.25, 0.3) is 0 Å². The first kappa shape index (κ1) is 17.5. The number of hydrogen-bond acceptors (Lipinski definition) is 4. The van der Waals surface area contributed by atoms with E-state index in [1.54, 1.807) is 12.1 Å². The molecule has 132 valence electrons. The van der Waals surface area contributed by atoms with Crippen molar-refractivity contribution in [2.45, 2.75) is 32.7 Å². The van der Waals surface area contributed by atoms with E-state index in [2.05, 4.69) is 25.5 Å². The normalized spacial score (nSPS) is 14.2. The van der Waals surface area contributed by atoms with Gasteiger partial charge in [0.1, 0.15) is 11.6 Å². The molecule has 2 heterocycles. The van der Waals surface area contributed by atoms with Crippen LogP contribution in [0.1, 0.15) is 30.5 Å². The van der Waals surface area contributed by atoms with Crippen LogP contribution in [0.2, 0.25) is 0 Å². The molecule has 0 aliphatic carbocycles. The molecule has 1 saturated heterocycles. The van der Waals surface area contributed by atoms with Crippen molar-refractivity contribution < 1.29 is 4.39 Å². The molecule has 0 saturated carbocycles. The number of rotatable bonds is 4. The highest BCUT2D eigenvalue weighted by Crippen LogP contribution is 2.19. The first-order chi connectivity index (χ1) is 12.1. The Morgan fingerprint density at radius 3 is 2.60 bits per heavy atom. The van der Waals surface area contributed by atoms with E-state index in [1.165, 1.54) is 31.4 Å². The summed E-state index contributed by atoms with van der Waals surface area (Å²) < 4.78 is 12.9. The number of hydrogen-bond donors (Lipinski definition) is 2. The van der Waals surface area contributed by atoms with E-state index < -0.39 is 0 Å². The molecule has 25 heavy (non-hydrogen) atoms. The summed E-state index contributed by atoms with van der Waals surface area (Å²) in [5.41, 5.74) is 1.85. The van der Waals surface area contributed by atoms with Crippen LogP contribution in [0.15, 0.2) is 30.3 Å². The van der Waals surface area contributed by atoms with Crippen molar-refractivity contribution in [3.63, 3.8) is 0 Å². The van der Waals surface area contributed by atoms with Crippen LogP contribution in [0.3, 0.4) is 0 Å². The predicted octanol–water partition coefficient (Wildman–Crippen LogP) is 3.40. The zero-order valence-electron chi connectivity index (χ0n) is 14.3. The Balaban J connectivity index is 1.60. The van der Waals surface area contributed by atoms with E-state index in [0.717, 1.165) is 30.2 Å². The average molecular weight is 359 g/mol. The van der Waals surface area contributed by atoms with Gasteiger partial charge < -0.3 is 15.5 Å². The van der Waals surface area contributed by atoms with Crippen LogP contribution in [0, 0.1) is 12.7 Å². The number of thiocarbonyl (C=S) groups is 1. The minimum Gasteiger partial charge on any atom is -0.358 e. The molecule has 2 N–H and O–H groups in total. The molecule has 1 aromatic heterocycles. The first-order valence-electron chi connectivity index (χ1n) is 8.50. The molecular weight excluding hydrogens is 337 g/mol. The summed E-state index contributed by atoms with van der Waals surface area (Å²) in [5, 5.41) is 6.57. The monoisotopic (exact) mass is 359 g/mol. The van der Waals surface area contributed by atoms with Gasteiger partial charge in [0.05, 0.1) is 0 Å². The molecule has 0 amide bonds. The Morgan fingerprint density at radius 1 is 1.16 bits per heavy atom. The number of anilines is 2. The third-order valence-corrected chi connectivity index (χ3v) is 4.36. The van der Waals surface area contributed by atoms with Crippen LogP contribution in [0.25, 0.3) is 0 Å². The summed E-state index contributed by atoms with van der Waals surface area (Å²) in [6, 6.07) is 8.32. The Morgan fingerprint density at radius 2 is 1.88 bits per heavy atom. The molecule has 0 radical (unpaired) electrons. The molecule has 1 aliphatic rings. The van der Waals surface area contributed by atoms with Crippen molar-refractivity contribution >= 4 is 29.1 Å². The number of benzene rings is 1. The van der Waals surface area contributed by atoms with Gasteiger partial charge in [-0.1, -0.05) is 12.1 Å². The van der Waals surface area contributed by atoms with Crippen LogP contribution in [-0.2, 0) is 6.54 Å². The Hall–Kier alpha value is -2.28. The molecule has 0 atom stereocenters. The van der Waals surface area contributed by atoms with Gasteiger partial charge in [-0.15, -0.1) is 0 Å². The second-order valence-corrected chi connectivity index (χ2v) is 6.58. The Kier molecular flexibility index (Phi) is 5.75. The number of piperidine rings is 1. The lowest BCUT2D eigenvalue weighted by molar-refractivity contribution is 0.573. The number of aromatic nitrogens is 2. The zero-order chi connectivity index (χ0) is 17.6. The number of halogens is 1. The Labute approximate surface area is 152 Å². The summed E-state index contributed by atoms with van der Waals surface area (Å²) in [4.78, 5) is 11.3. The van der Waals surface area contributed by atoms with Gasteiger partial charge >= 0.3 is 0 Å². The Bertz CT molecular complexity index is 729. The summed E-state index contributed by atoms with van der Waals surface area (Å²) in [6.07, 6.45) is 3.68. The number of aryl methyl sites for hydroxylation is 1. The third kappa shape index (κ3) is 5.09. The molecule has 2 aromatic rings. The predicted molar refractivity (Wildman–Crippen MR) is 102 cm³/mol. The number of nitrogens with one attached hydrogen (secondary N) is 2. The van der Waals surface area contributed by atoms with E-state index in [-0.39, 0.29) is 5.82 Å². The van der Waals surface area contributed by atoms with Crippen LogP contribution < -0.4 is 15.5 Å². The van der Waals surface area contributed by atoms with Crippen molar-refractivity contribution in [1.82, 2.24) is 15.3 Å². The average Bonchev–Trinajstić information content (AvgIpc) is 2.61. The maximum Gasteiger partial charge on any atom is 0.231 e. The maximum atomic E-state index is 12.9. The third-order valence-electron chi connectivity index (χ3n) is 4.11. The smallest absolute Gasteiger partial charge is 0.231 e. The highest BCUT2D eigenvalue weighted by atomic mass is 32.1. The van der Waals surface area contributed by atoms with Gasteiger partial charge in [0, 0.05) is 31.4 Å². The van der Waals surface area contributed by atoms with E-state index in [4.69, 9.17) is 12.2 Å². The first-order valence-corrected chi connectivity index (χ1v) is 8.91. The lowest BCUT2D eigenvalue weighted by Gasteiger charge is -2.28. The van der Waals surface area contributed by atoms with Gasteiger partial charge in [0.2, 0.25) is 5.95 Å². The fourth-order valence-corrected chi connectivity index (χ4v) is 2.99. The van der Waals surface area contributed by atoms with Gasteiger partial charge in [0.15, 0.2) is 5.11 Å². The summed E-state index contributed by atoms with van der Waals surface area (Å²) in [6.45, 7) is 4.53. The topological polar surface area (TPSA) is 53.1 Å². The summed E-state index contributed by atoms with van der Waals surface area (Å²) in [5.74, 6) is 1.19. The van der Waals surface area contributed by atoms with Gasteiger partial charge in [-0.05, 0) is 56.1 Å². The fraction of sp³-hybridized carbons (Fsp3) is 0.389. The van der Waals surface area contributed by atoms with Crippen molar-refractivity contribution in [1.29, 1.82) is 0 Å². The lowest BCUT2D eigenvalue weighted by atomic mass is 10.1. The van der Waals surface area contributed by atoms with E-state index in [1.807, 2.05) is 13.0 Å². The highest BCUT2D eigenvalue weighted by Gasteiger charge is 2.14. The molecule has 0 bridgehead atoms. The molecule has 1 fully saturated rings. The molecule has 1 aliphatic heterocycles. The summed E-state index contributed by atoms with van der Waals surface area (Å²) >= 11 is 5.31. The second-order valence-electron chi connectivity index (χ2n) is 6.17. The lowest BCUT2D eigenvalue weighted by Crippen LogP contribution is -2.32. The van der Waals surface area contributed by atoms with Crippen LogP contribution in [0.4, 0.5) is 16.2 Å². The van der Waals surface area contributed by atoms with Crippen LogP contribution >= 0.6 is 12.2 Å². The molecule has 0 spiro atoms. The molecule has 0 unspecified atom stereocenters. The van der Waals surface area contributed by atoms with Gasteiger partial charge in [-0.25, -0.2) is 9.37 Å². The zero-order valence-corrected chi connectivity index (χ0v) is 15.1. The molecular formula is C18H22FN5S. The van der Waals surface area contributed by atoms with Crippen LogP contribution in [0.5, 0.6) is 0 Å². The minimum absolute atomic E-state index is 0.247. The SMILES string of the molecule is Cc1cc(N2CCCCC2)nc(NC(=S)NCc2ccc(F)cc2)n1. The largest absolute Gasteiger partial charge is 0.358 e. The fourth-order valence-electron chi connectivity index (χ4n) is 2.82. The van der Waals surface area contributed by atoms with E-state index in [9.17, 15) is 4.39 Å². The molecule has 1 aromatic carbocycles. The molecule has 3 rings (SSSR count). The van der Waals surface area contributed by atoms with Crippen molar-refractivity contribution in [2.75, 3.05) is 23.3 Å².